The second-order valence-corrected chi connectivity index (χ2v) is 8.61. The first-order valence-electron chi connectivity index (χ1n) is 9.59. The van der Waals surface area contributed by atoms with Crippen LogP contribution in [0.15, 0.2) is 11.6 Å². The minimum atomic E-state index is -1.02. The lowest BCUT2D eigenvalue weighted by Gasteiger charge is -2.32. The van der Waals surface area contributed by atoms with Crippen LogP contribution >= 0.6 is 0 Å². The van der Waals surface area contributed by atoms with E-state index in [0.29, 0.717) is 12.5 Å². The fourth-order valence-electron chi connectivity index (χ4n) is 3.67. The number of hydrogen-bond donors (Lipinski definition) is 1. The average Bonchev–Trinajstić information content (AvgIpc) is 2.51. The molecule has 0 saturated carbocycles. The van der Waals surface area contributed by atoms with E-state index in [2.05, 4.69) is 19.9 Å². The molecule has 0 radical (unpaired) electrons. The fraction of sp³-hybridized carbons (Fsp3) is 0.810. The van der Waals surface area contributed by atoms with Gasteiger partial charge in [-0.1, -0.05) is 52.7 Å². The van der Waals surface area contributed by atoms with Crippen molar-refractivity contribution in [2.75, 3.05) is 6.61 Å². The van der Waals surface area contributed by atoms with Crippen LogP contribution in [0.3, 0.4) is 0 Å². The zero-order valence-corrected chi connectivity index (χ0v) is 16.8. The second kappa shape index (κ2) is 9.51. The van der Waals surface area contributed by atoms with Crippen LogP contribution in [0.2, 0.25) is 0 Å². The van der Waals surface area contributed by atoms with Gasteiger partial charge in [0.05, 0.1) is 24.5 Å². The van der Waals surface area contributed by atoms with Gasteiger partial charge >= 0.3 is 5.97 Å². The van der Waals surface area contributed by atoms with Gasteiger partial charge in [0.2, 0.25) is 0 Å². The molecule has 0 fully saturated rings. The topological polar surface area (TPSA) is 63.6 Å². The van der Waals surface area contributed by atoms with E-state index in [1.807, 2.05) is 13.8 Å². The lowest BCUT2D eigenvalue weighted by molar-refractivity contribution is -0.151. The monoisotopic (exact) mass is 352 g/mol. The summed E-state index contributed by atoms with van der Waals surface area (Å²) in [4.78, 5) is 24.8. The normalized spacial score (nSPS) is 35.6. The molecule has 4 atom stereocenters. The summed E-state index contributed by atoms with van der Waals surface area (Å²) < 4.78 is 5.29. The number of cyclic esters (lactones) is 1. The highest BCUT2D eigenvalue weighted by atomic mass is 16.5. The van der Waals surface area contributed by atoms with Crippen molar-refractivity contribution in [3.63, 3.8) is 0 Å². The summed E-state index contributed by atoms with van der Waals surface area (Å²) in [6.07, 6.45) is 5.05. The zero-order valence-electron chi connectivity index (χ0n) is 16.8. The largest absolute Gasteiger partial charge is 0.465 e. The molecule has 0 aromatic heterocycles. The molecule has 1 aliphatic rings. The Morgan fingerprint density at radius 2 is 1.84 bits per heavy atom. The molecule has 4 heteroatoms. The SMILES string of the molecule is C/C1=C/C(C)COC(=O)CC(O)C(C)(C)C(=O)C(C)CC(C)CCC1. The number of aliphatic hydroxyl groups is 1. The maximum Gasteiger partial charge on any atom is 0.308 e. The Kier molecular flexibility index (Phi) is 8.33. The van der Waals surface area contributed by atoms with Crippen molar-refractivity contribution in [1.29, 1.82) is 0 Å². The van der Waals surface area contributed by atoms with Gasteiger partial charge in [-0.05, 0) is 32.1 Å². The molecule has 0 saturated heterocycles. The van der Waals surface area contributed by atoms with Gasteiger partial charge in [0.15, 0.2) is 0 Å². The van der Waals surface area contributed by atoms with Crippen LogP contribution < -0.4 is 0 Å². The van der Waals surface area contributed by atoms with Crippen molar-refractivity contribution in [2.24, 2.45) is 23.2 Å². The van der Waals surface area contributed by atoms with Gasteiger partial charge in [0.25, 0.3) is 0 Å². The first-order chi connectivity index (χ1) is 11.5. The fourth-order valence-corrected chi connectivity index (χ4v) is 3.67. The van der Waals surface area contributed by atoms with Crippen LogP contribution in [0, 0.1) is 23.2 Å². The van der Waals surface area contributed by atoms with Gasteiger partial charge < -0.3 is 9.84 Å². The van der Waals surface area contributed by atoms with Crippen LogP contribution in [0.4, 0.5) is 0 Å². The van der Waals surface area contributed by atoms with E-state index >= 15 is 0 Å². The highest BCUT2D eigenvalue weighted by Crippen LogP contribution is 2.31. The van der Waals surface area contributed by atoms with Gasteiger partial charge in [-0.25, -0.2) is 0 Å². The zero-order chi connectivity index (χ0) is 19.2. The molecule has 0 aliphatic carbocycles. The predicted molar refractivity (Wildman–Crippen MR) is 100 cm³/mol. The number of esters is 1. The van der Waals surface area contributed by atoms with Crippen LogP contribution in [-0.4, -0.2) is 29.6 Å². The molecule has 4 unspecified atom stereocenters. The number of hydrogen-bond acceptors (Lipinski definition) is 4. The van der Waals surface area contributed by atoms with E-state index in [0.717, 1.165) is 25.7 Å². The number of allylic oxidation sites excluding steroid dienone is 1. The standard InChI is InChI=1S/C21H36O4/c1-14-8-7-9-15(2)11-17(4)20(24)21(5,6)18(22)12-19(23)25-13-16(3)10-14/h10,15-18,22H,7-9,11-13H2,1-6H3/b14-10-. The summed E-state index contributed by atoms with van der Waals surface area (Å²) in [5, 5.41) is 10.4. The third-order valence-electron chi connectivity index (χ3n) is 5.38. The molecule has 0 aromatic rings. The van der Waals surface area contributed by atoms with Crippen molar-refractivity contribution < 1.29 is 19.4 Å². The maximum absolute atomic E-state index is 12.8. The molecule has 1 heterocycles. The number of Topliss-reactive ketones (excluding diaryl/α,β-unsaturated/α-hetero) is 1. The number of carbonyl (C=O) groups excluding carboxylic acids is 2. The van der Waals surface area contributed by atoms with Crippen LogP contribution in [0.5, 0.6) is 0 Å². The quantitative estimate of drug-likeness (QED) is 0.521. The first-order valence-corrected chi connectivity index (χ1v) is 9.59. The number of ether oxygens (including phenoxy) is 1. The van der Waals surface area contributed by atoms with E-state index < -0.39 is 17.5 Å². The number of ketones is 1. The third-order valence-corrected chi connectivity index (χ3v) is 5.38. The predicted octanol–water partition coefficient (Wildman–Crippen LogP) is 4.30. The molecule has 0 amide bonds. The number of rotatable bonds is 0. The van der Waals surface area contributed by atoms with E-state index in [1.165, 1.54) is 5.57 Å². The minimum Gasteiger partial charge on any atom is -0.465 e. The highest BCUT2D eigenvalue weighted by molar-refractivity contribution is 5.87. The third kappa shape index (κ3) is 6.93. The Labute approximate surface area is 153 Å². The highest BCUT2D eigenvalue weighted by Gasteiger charge is 2.39. The maximum atomic E-state index is 12.8. The van der Waals surface area contributed by atoms with E-state index in [9.17, 15) is 14.7 Å². The Bertz CT molecular complexity index is 492. The summed E-state index contributed by atoms with van der Waals surface area (Å²) in [7, 11) is 0. The minimum absolute atomic E-state index is 0.0242. The molecular formula is C21H36O4. The molecule has 0 bridgehead atoms. The van der Waals surface area contributed by atoms with Crippen LogP contribution in [0.1, 0.15) is 73.6 Å². The molecule has 0 spiro atoms. The van der Waals surface area contributed by atoms with Crippen molar-refractivity contribution >= 4 is 11.8 Å². The smallest absolute Gasteiger partial charge is 0.308 e. The van der Waals surface area contributed by atoms with E-state index in [4.69, 9.17) is 4.74 Å². The molecule has 144 valence electrons. The van der Waals surface area contributed by atoms with Gasteiger partial charge in [-0.2, -0.15) is 0 Å². The molecular weight excluding hydrogens is 316 g/mol. The van der Waals surface area contributed by atoms with Crippen molar-refractivity contribution in [2.45, 2.75) is 79.8 Å². The summed E-state index contributed by atoms with van der Waals surface area (Å²) in [5.41, 5.74) is 0.366. The molecule has 25 heavy (non-hydrogen) atoms. The molecule has 1 aliphatic heterocycles. The molecule has 0 aromatic carbocycles. The van der Waals surface area contributed by atoms with E-state index in [1.54, 1.807) is 13.8 Å². The van der Waals surface area contributed by atoms with Crippen molar-refractivity contribution in [3.8, 4) is 0 Å². The number of aliphatic hydroxyl groups excluding tert-OH is 1. The lowest BCUT2D eigenvalue weighted by atomic mass is 9.74. The van der Waals surface area contributed by atoms with E-state index in [-0.39, 0.29) is 24.0 Å². The number of carbonyl (C=O) groups is 2. The van der Waals surface area contributed by atoms with Gasteiger partial charge in [-0.3, -0.25) is 9.59 Å². The molecule has 4 nitrogen and oxygen atoms in total. The Morgan fingerprint density at radius 3 is 2.48 bits per heavy atom. The van der Waals surface area contributed by atoms with Gasteiger partial charge in [0.1, 0.15) is 5.78 Å². The first kappa shape index (κ1) is 21.9. The van der Waals surface area contributed by atoms with Crippen LogP contribution in [-0.2, 0) is 14.3 Å². The summed E-state index contributed by atoms with van der Waals surface area (Å²) in [5.74, 6) is 0.0758. The second-order valence-electron chi connectivity index (χ2n) is 8.61. The van der Waals surface area contributed by atoms with Gasteiger partial charge in [0, 0.05) is 11.8 Å². The molecule has 1 N–H and O–H groups in total. The summed E-state index contributed by atoms with van der Waals surface area (Å²) in [6, 6.07) is 0. The van der Waals surface area contributed by atoms with Crippen molar-refractivity contribution in [1.82, 2.24) is 0 Å². The van der Waals surface area contributed by atoms with Crippen LogP contribution in [0.25, 0.3) is 0 Å². The van der Waals surface area contributed by atoms with Crippen molar-refractivity contribution in [3.05, 3.63) is 11.6 Å². The Morgan fingerprint density at radius 1 is 1.20 bits per heavy atom. The van der Waals surface area contributed by atoms with Gasteiger partial charge in [-0.15, -0.1) is 0 Å². The summed E-state index contributed by atoms with van der Waals surface area (Å²) >= 11 is 0. The Balaban J connectivity index is 2.93. The average molecular weight is 353 g/mol. The lowest BCUT2D eigenvalue weighted by Crippen LogP contribution is -2.42. The molecule has 1 rings (SSSR count). The summed E-state index contributed by atoms with van der Waals surface area (Å²) in [6.45, 7) is 12.0. The Hall–Kier alpha value is -1.16.